The van der Waals surface area contributed by atoms with Gasteiger partial charge < -0.3 is 15.0 Å². The predicted molar refractivity (Wildman–Crippen MR) is 111 cm³/mol. The normalized spacial score (nSPS) is 16.0. The van der Waals surface area contributed by atoms with E-state index in [0.717, 1.165) is 23.7 Å². The maximum atomic E-state index is 13.6. The van der Waals surface area contributed by atoms with Crippen LogP contribution in [0.3, 0.4) is 0 Å². The molecule has 0 bridgehead atoms. The Bertz CT molecular complexity index is 1040. The number of nitrogens with one attached hydrogen (secondary N) is 1. The molecule has 0 radical (unpaired) electrons. The Labute approximate surface area is 177 Å². The summed E-state index contributed by atoms with van der Waals surface area (Å²) >= 11 is 0. The molecule has 2 aromatic carbocycles. The van der Waals surface area contributed by atoms with Crippen LogP contribution in [0.25, 0.3) is 11.3 Å². The molecule has 31 heavy (non-hydrogen) atoms. The van der Waals surface area contributed by atoms with Crippen molar-refractivity contribution in [3.8, 4) is 11.3 Å². The molecule has 0 atom stereocenters. The van der Waals surface area contributed by atoms with Crippen molar-refractivity contribution < 1.29 is 22.9 Å². The van der Waals surface area contributed by atoms with Gasteiger partial charge in [-0.05, 0) is 48.7 Å². The maximum Gasteiger partial charge on any atom is 0.416 e. The molecule has 2 N–H and O–H groups in total. The lowest BCUT2D eigenvalue weighted by Gasteiger charge is -2.44. The molecule has 0 saturated heterocycles. The zero-order valence-electron chi connectivity index (χ0n) is 16.7. The first-order valence-corrected chi connectivity index (χ1v) is 10.0. The standard InChI is InChI=1S/C23H22F3N3O2/c24-23(25,26)20-5-2-1-4-19(20)22(11-3-12-22)14-18(29-30)15-27-17-8-6-16(7-9-17)21-10-13-28-31-21/h1-2,4-10,13,27,30H,3,11-12,14-15H2/b29-18+. The number of oxime groups is 1. The Kier molecular flexibility index (Phi) is 5.71. The number of benzene rings is 2. The number of nitrogens with zero attached hydrogens (tertiary/aromatic N) is 2. The summed E-state index contributed by atoms with van der Waals surface area (Å²) in [6.07, 6.45) is -0.477. The number of hydrogen-bond acceptors (Lipinski definition) is 5. The van der Waals surface area contributed by atoms with Crippen LogP contribution >= 0.6 is 0 Å². The van der Waals surface area contributed by atoms with Crippen molar-refractivity contribution in [1.82, 2.24) is 5.16 Å². The fraction of sp³-hybridized carbons (Fsp3) is 0.304. The van der Waals surface area contributed by atoms with Crippen LogP contribution in [0.2, 0.25) is 0 Å². The molecule has 0 aliphatic heterocycles. The zero-order chi connectivity index (χ0) is 21.9. The van der Waals surface area contributed by atoms with Gasteiger partial charge in [-0.3, -0.25) is 0 Å². The van der Waals surface area contributed by atoms with Gasteiger partial charge in [0.05, 0.1) is 24.0 Å². The van der Waals surface area contributed by atoms with E-state index in [2.05, 4.69) is 15.6 Å². The van der Waals surface area contributed by atoms with Crippen molar-refractivity contribution >= 4 is 11.4 Å². The van der Waals surface area contributed by atoms with E-state index in [9.17, 15) is 18.4 Å². The lowest BCUT2D eigenvalue weighted by Crippen LogP contribution is -2.39. The summed E-state index contributed by atoms with van der Waals surface area (Å²) in [5.41, 5.74) is 1.09. The van der Waals surface area contributed by atoms with Crippen LogP contribution in [-0.2, 0) is 11.6 Å². The van der Waals surface area contributed by atoms with E-state index in [1.807, 2.05) is 24.3 Å². The highest BCUT2D eigenvalue weighted by Crippen LogP contribution is 2.50. The van der Waals surface area contributed by atoms with Gasteiger partial charge in [0.25, 0.3) is 0 Å². The summed E-state index contributed by atoms with van der Waals surface area (Å²) in [4.78, 5) is 0. The average molecular weight is 429 g/mol. The first-order chi connectivity index (χ1) is 14.9. The molecule has 1 aliphatic carbocycles. The number of halogens is 3. The first-order valence-electron chi connectivity index (χ1n) is 10.0. The molecule has 1 fully saturated rings. The second kappa shape index (κ2) is 8.45. The van der Waals surface area contributed by atoms with Gasteiger partial charge in [-0.1, -0.05) is 34.9 Å². The minimum atomic E-state index is -4.42. The molecule has 1 aliphatic rings. The molecule has 0 unspecified atom stereocenters. The summed E-state index contributed by atoms with van der Waals surface area (Å²) in [6, 6.07) is 14.9. The van der Waals surface area contributed by atoms with E-state index in [1.165, 1.54) is 6.07 Å². The largest absolute Gasteiger partial charge is 0.416 e. The van der Waals surface area contributed by atoms with E-state index in [0.29, 0.717) is 24.3 Å². The van der Waals surface area contributed by atoms with E-state index in [1.54, 1.807) is 24.4 Å². The Morgan fingerprint density at radius 1 is 1.10 bits per heavy atom. The van der Waals surface area contributed by atoms with Crippen molar-refractivity contribution in [2.75, 3.05) is 11.9 Å². The van der Waals surface area contributed by atoms with Crippen molar-refractivity contribution in [3.63, 3.8) is 0 Å². The Morgan fingerprint density at radius 3 is 2.42 bits per heavy atom. The van der Waals surface area contributed by atoms with Crippen LogP contribution in [0.5, 0.6) is 0 Å². The van der Waals surface area contributed by atoms with Crippen LogP contribution in [0.1, 0.15) is 36.8 Å². The van der Waals surface area contributed by atoms with Crippen molar-refractivity contribution in [2.45, 2.75) is 37.3 Å². The third kappa shape index (κ3) is 4.42. The van der Waals surface area contributed by atoms with Gasteiger partial charge in [0, 0.05) is 29.2 Å². The van der Waals surface area contributed by atoms with Gasteiger partial charge in [0.2, 0.25) is 0 Å². The topological polar surface area (TPSA) is 70.7 Å². The number of alkyl halides is 3. The molecule has 4 rings (SSSR count). The molecule has 3 aromatic rings. The van der Waals surface area contributed by atoms with Crippen molar-refractivity contribution in [2.24, 2.45) is 5.16 Å². The molecular formula is C23H22F3N3O2. The quantitative estimate of drug-likeness (QED) is 0.270. The third-order valence-corrected chi connectivity index (χ3v) is 5.90. The Morgan fingerprint density at radius 2 is 1.84 bits per heavy atom. The lowest BCUT2D eigenvalue weighted by atomic mass is 9.60. The highest BCUT2D eigenvalue weighted by molar-refractivity contribution is 5.89. The number of anilines is 1. The summed E-state index contributed by atoms with van der Waals surface area (Å²) < 4.78 is 45.8. The molecule has 1 saturated carbocycles. The van der Waals surface area contributed by atoms with Gasteiger partial charge >= 0.3 is 6.18 Å². The minimum absolute atomic E-state index is 0.230. The van der Waals surface area contributed by atoms with Crippen LogP contribution in [0.4, 0.5) is 18.9 Å². The average Bonchev–Trinajstić information content (AvgIpc) is 3.28. The van der Waals surface area contributed by atoms with Gasteiger partial charge in [-0.2, -0.15) is 13.2 Å². The molecule has 162 valence electrons. The lowest BCUT2D eigenvalue weighted by molar-refractivity contribution is -0.139. The second-order valence-corrected chi connectivity index (χ2v) is 7.83. The van der Waals surface area contributed by atoms with Crippen molar-refractivity contribution in [3.05, 3.63) is 71.9 Å². The molecule has 5 nitrogen and oxygen atoms in total. The summed E-state index contributed by atoms with van der Waals surface area (Å²) in [5, 5.41) is 19.8. The van der Waals surface area contributed by atoms with E-state index >= 15 is 0 Å². The van der Waals surface area contributed by atoms with Gasteiger partial charge in [0.1, 0.15) is 0 Å². The van der Waals surface area contributed by atoms with Crippen LogP contribution in [0, 0.1) is 0 Å². The van der Waals surface area contributed by atoms with E-state index < -0.39 is 17.2 Å². The second-order valence-electron chi connectivity index (χ2n) is 7.83. The number of hydrogen-bond donors (Lipinski definition) is 2. The Balaban J connectivity index is 1.46. The van der Waals surface area contributed by atoms with E-state index in [4.69, 9.17) is 4.52 Å². The van der Waals surface area contributed by atoms with Crippen LogP contribution < -0.4 is 5.32 Å². The third-order valence-electron chi connectivity index (χ3n) is 5.90. The zero-order valence-corrected chi connectivity index (χ0v) is 16.7. The summed E-state index contributed by atoms with van der Waals surface area (Å²) in [5.74, 6) is 0.652. The smallest absolute Gasteiger partial charge is 0.411 e. The monoisotopic (exact) mass is 429 g/mol. The molecule has 1 aromatic heterocycles. The molecule has 1 heterocycles. The highest BCUT2D eigenvalue weighted by atomic mass is 19.4. The van der Waals surface area contributed by atoms with Crippen molar-refractivity contribution in [1.29, 1.82) is 0 Å². The van der Waals surface area contributed by atoms with Gasteiger partial charge in [-0.25, -0.2) is 0 Å². The van der Waals surface area contributed by atoms with Gasteiger partial charge in [0.15, 0.2) is 5.76 Å². The fourth-order valence-corrected chi connectivity index (χ4v) is 4.18. The highest BCUT2D eigenvalue weighted by Gasteiger charge is 2.45. The van der Waals surface area contributed by atoms with E-state index in [-0.39, 0.29) is 18.5 Å². The van der Waals surface area contributed by atoms with Crippen LogP contribution in [-0.4, -0.2) is 22.6 Å². The Hall–Kier alpha value is -3.29. The number of aromatic nitrogens is 1. The molecule has 0 amide bonds. The summed E-state index contributed by atoms with van der Waals surface area (Å²) in [7, 11) is 0. The van der Waals surface area contributed by atoms with Gasteiger partial charge in [-0.15, -0.1) is 0 Å². The predicted octanol–water partition coefficient (Wildman–Crippen LogP) is 6.11. The minimum Gasteiger partial charge on any atom is -0.411 e. The molecule has 0 spiro atoms. The molecule has 8 heteroatoms. The SMILES string of the molecule is O/N=C(/CNc1ccc(-c2ccno2)cc1)CC1(c2ccccc2C(F)(F)F)CCC1. The fourth-order valence-electron chi connectivity index (χ4n) is 4.18. The van der Waals surface area contributed by atoms with Crippen LogP contribution in [0.15, 0.2) is 70.5 Å². The maximum absolute atomic E-state index is 13.6. The molecular weight excluding hydrogens is 407 g/mol. The number of rotatable bonds is 7. The first kappa shape index (κ1) is 21.0. The summed E-state index contributed by atoms with van der Waals surface area (Å²) in [6.45, 7) is 0.230.